The van der Waals surface area contributed by atoms with Gasteiger partial charge in [0.15, 0.2) is 0 Å². The Hall–Kier alpha value is -4.49. The quantitative estimate of drug-likeness (QED) is 0.281. The van der Waals surface area contributed by atoms with Crippen LogP contribution in [0, 0.1) is 28.4 Å². The van der Waals surface area contributed by atoms with Gasteiger partial charge in [-0.2, -0.15) is 5.26 Å². The van der Waals surface area contributed by atoms with Gasteiger partial charge >= 0.3 is 0 Å². The fraction of sp³-hybridized carbons (Fsp3) is 0.174. The van der Waals surface area contributed by atoms with Crippen molar-refractivity contribution in [3.63, 3.8) is 0 Å². The molecule has 0 bridgehead atoms. The predicted molar refractivity (Wildman–Crippen MR) is 122 cm³/mol. The summed E-state index contributed by atoms with van der Waals surface area (Å²) in [6.07, 6.45) is 1.52. The summed E-state index contributed by atoms with van der Waals surface area (Å²) < 4.78 is 10.6. The first-order chi connectivity index (χ1) is 15.9. The Morgan fingerprint density at radius 3 is 2.70 bits per heavy atom. The lowest BCUT2D eigenvalue weighted by molar-refractivity contribution is -0.384. The van der Waals surface area contributed by atoms with Crippen molar-refractivity contribution in [2.24, 2.45) is 0 Å². The van der Waals surface area contributed by atoms with Crippen molar-refractivity contribution in [2.45, 2.75) is 6.92 Å². The van der Waals surface area contributed by atoms with Gasteiger partial charge in [-0.05, 0) is 55.0 Å². The second-order valence-corrected chi connectivity index (χ2v) is 6.91. The van der Waals surface area contributed by atoms with Crippen molar-refractivity contribution in [1.82, 2.24) is 4.98 Å². The van der Waals surface area contributed by atoms with Crippen molar-refractivity contribution < 1.29 is 19.2 Å². The van der Waals surface area contributed by atoms with Crippen molar-refractivity contribution in [3.05, 3.63) is 81.5 Å². The molecule has 0 saturated heterocycles. The first-order valence-electron chi connectivity index (χ1n) is 9.89. The monoisotopic (exact) mass is 447 g/mol. The van der Waals surface area contributed by atoms with Gasteiger partial charge in [-0.25, -0.2) is 4.98 Å². The summed E-state index contributed by atoms with van der Waals surface area (Å²) in [6, 6.07) is 14.4. The topological polar surface area (TPSA) is 139 Å². The minimum absolute atomic E-state index is 0.144. The highest BCUT2D eigenvalue weighted by atomic mass is 16.6. The lowest BCUT2D eigenvalue weighted by Crippen LogP contribution is -2.14. The maximum atomic E-state index is 12.7. The molecule has 10 nitrogen and oxygen atoms in total. The number of benzene rings is 2. The summed E-state index contributed by atoms with van der Waals surface area (Å²) in [5.41, 5.74) is 1.75. The summed E-state index contributed by atoms with van der Waals surface area (Å²) in [4.78, 5) is 27.7. The molecule has 0 radical (unpaired) electrons. The van der Waals surface area contributed by atoms with Gasteiger partial charge in [-0.1, -0.05) is 0 Å². The van der Waals surface area contributed by atoms with E-state index >= 15 is 0 Å². The minimum atomic E-state index is -0.545. The van der Waals surface area contributed by atoms with Gasteiger partial charge in [-0.3, -0.25) is 14.9 Å². The molecule has 1 heterocycles. The fourth-order valence-electron chi connectivity index (χ4n) is 2.96. The highest BCUT2D eigenvalue weighted by Crippen LogP contribution is 2.28. The molecule has 10 heteroatoms. The summed E-state index contributed by atoms with van der Waals surface area (Å²) in [6.45, 7) is 2.55. The molecule has 0 aliphatic heterocycles. The van der Waals surface area contributed by atoms with Crippen LogP contribution in [0.4, 0.5) is 17.1 Å². The molecule has 2 N–H and O–H groups in total. The van der Waals surface area contributed by atoms with Gasteiger partial charge in [0.2, 0.25) is 5.88 Å². The number of hydrogen-bond acceptors (Lipinski definition) is 8. The van der Waals surface area contributed by atoms with Crippen LogP contribution < -0.4 is 15.4 Å². The number of aromatic nitrogens is 1. The highest BCUT2D eigenvalue weighted by Gasteiger charge is 2.18. The number of nitriles is 1. The van der Waals surface area contributed by atoms with Crippen LogP contribution in [0.25, 0.3) is 0 Å². The third-order valence-electron chi connectivity index (χ3n) is 4.63. The van der Waals surface area contributed by atoms with E-state index in [1.165, 1.54) is 31.5 Å². The summed E-state index contributed by atoms with van der Waals surface area (Å²) in [5.74, 6) is 0.139. The maximum absolute atomic E-state index is 12.7. The fourth-order valence-corrected chi connectivity index (χ4v) is 2.96. The van der Waals surface area contributed by atoms with Crippen molar-refractivity contribution in [1.29, 1.82) is 5.26 Å². The van der Waals surface area contributed by atoms with Crippen LogP contribution in [-0.4, -0.2) is 36.1 Å². The average molecular weight is 447 g/mol. The molecule has 1 amide bonds. The van der Waals surface area contributed by atoms with Crippen LogP contribution in [0.3, 0.4) is 0 Å². The van der Waals surface area contributed by atoms with Crippen LogP contribution in [0.2, 0.25) is 0 Å². The average Bonchev–Trinajstić information content (AvgIpc) is 2.81. The number of nitrogens with one attached hydrogen (secondary N) is 2. The zero-order valence-electron chi connectivity index (χ0n) is 18.0. The van der Waals surface area contributed by atoms with Crippen LogP contribution in [0.1, 0.15) is 21.5 Å². The summed E-state index contributed by atoms with van der Waals surface area (Å²) in [7, 11) is 1.53. The van der Waals surface area contributed by atoms with Gasteiger partial charge in [-0.15, -0.1) is 0 Å². The Morgan fingerprint density at radius 1 is 1.21 bits per heavy atom. The number of carbonyl (C=O) groups is 1. The Bertz CT molecular complexity index is 1220. The second-order valence-electron chi connectivity index (χ2n) is 6.91. The number of nitro benzene ring substituents is 1. The molecule has 0 saturated carbocycles. The molecule has 168 valence electrons. The van der Waals surface area contributed by atoms with Crippen LogP contribution in [0.15, 0.2) is 54.7 Å². The molecule has 0 atom stereocenters. The van der Waals surface area contributed by atoms with E-state index in [0.29, 0.717) is 41.4 Å². The number of hydrogen-bond donors (Lipinski definition) is 2. The van der Waals surface area contributed by atoms with E-state index in [4.69, 9.17) is 14.7 Å². The number of nitrogens with zero attached hydrogens (tertiary/aromatic N) is 3. The smallest absolute Gasteiger partial charge is 0.293 e. The predicted octanol–water partition coefficient (Wildman–Crippen LogP) is 4.27. The normalized spacial score (nSPS) is 10.2. The molecule has 0 fully saturated rings. The molecule has 3 aromatic rings. The van der Waals surface area contributed by atoms with E-state index in [2.05, 4.69) is 15.6 Å². The summed E-state index contributed by atoms with van der Waals surface area (Å²) >= 11 is 0. The molecule has 2 aromatic carbocycles. The van der Waals surface area contributed by atoms with Gasteiger partial charge in [0.1, 0.15) is 23.1 Å². The van der Waals surface area contributed by atoms with Crippen molar-refractivity contribution in [3.8, 4) is 17.7 Å². The molecular weight excluding hydrogens is 426 g/mol. The first kappa shape index (κ1) is 23.2. The molecule has 0 aliphatic rings. The van der Waals surface area contributed by atoms with E-state index in [0.717, 1.165) is 0 Å². The van der Waals surface area contributed by atoms with E-state index in [9.17, 15) is 14.9 Å². The van der Waals surface area contributed by atoms with E-state index in [1.807, 2.05) is 6.07 Å². The molecule has 0 unspecified atom stereocenters. The third kappa shape index (κ3) is 5.81. The van der Waals surface area contributed by atoms with E-state index < -0.39 is 10.8 Å². The number of methoxy groups -OCH3 is 1. The SMILES string of the molecule is COCCNc1ccc(C(=O)Nc2ccc(Oc3ncccc3C#N)cc2C)cc1[N+](=O)[O-]. The zero-order valence-corrected chi connectivity index (χ0v) is 18.0. The van der Waals surface area contributed by atoms with Crippen molar-refractivity contribution in [2.75, 3.05) is 30.9 Å². The summed E-state index contributed by atoms with van der Waals surface area (Å²) in [5, 5.41) is 26.3. The molecule has 33 heavy (non-hydrogen) atoms. The molecule has 3 rings (SSSR count). The largest absolute Gasteiger partial charge is 0.438 e. The number of rotatable bonds is 9. The second kappa shape index (κ2) is 10.7. The van der Waals surface area contributed by atoms with Gasteiger partial charge in [0, 0.05) is 37.2 Å². The number of aryl methyl sites for hydroxylation is 1. The maximum Gasteiger partial charge on any atom is 0.293 e. The lowest BCUT2D eigenvalue weighted by atomic mass is 10.1. The van der Waals surface area contributed by atoms with Crippen LogP contribution in [-0.2, 0) is 4.74 Å². The standard InChI is InChI=1S/C23H21N5O5/c1-15-12-18(33-23-17(14-24)4-3-9-26-23)6-8-19(15)27-22(29)16-5-7-20(25-10-11-32-2)21(13-16)28(30)31/h3-9,12-13,25H,10-11H2,1-2H3,(H,27,29). The Kier molecular flexibility index (Phi) is 7.51. The number of anilines is 2. The number of pyridine rings is 1. The Balaban J connectivity index is 1.75. The van der Waals surface area contributed by atoms with Crippen LogP contribution in [0.5, 0.6) is 11.6 Å². The molecule has 1 aromatic heterocycles. The first-order valence-corrected chi connectivity index (χ1v) is 9.89. The number of nitro groups is 1. The zero-order chi connectivity index (χ0) is 23.8. The van der Waals surface area contributed by atoms with Gasteiger partial charge in [0.05, 0.1) is 11.5 Å². The Labute approximate surface area is 189 Å². The van der Waals surface area contributed by atoms with Crippen molar-refractivity contribution >= 4 is 23.0 Å². The lowest BCUT2D eigenvalue weighted by Gasteiger charge is -2.12. The number of ether oxygens (including phenoxy) is 2. The van der Waals surface area contributed by atoms with Crippen LogP contribution >= 0.6 is 0 Å². The van der Waals surface area contributed by atoms with E-state index in [-0.39, 0.29) is 17.1 Å². The molecule has 0 aliphatic carbocycles. The third-order valence-corrected chi connectivity index (χ3v) is 4.63. The number of carbonyl (C=O) groups excluding carboxylic acids is 1. The molecule has 0 spiro atoms. The van der Waals surface area contributed by atoms with Gasteiger partial charge < -0.3 is 20.1 Å². The van der Waals surface area contributed by atoms with E-state index in [1.54, 1.807) is 37.3 Å². The Morgan fingerprint density at radius 2 is 2.00 bits per heavy atom. The molecular formula is C23H21N5O5. The number of amides is 1. The highest BCUT2D eigenvalue weighted by molar-refractivity contribution is 6.05. The van der Waals surface area contributed by atoms with Gasteiger partial charge in [0.25, 0.3) is 11.6 Å². The minimum Gasteiger partial charge on any atom is -0.438 e.